The number of hydrogen-bond acceptors (Lipinski definition) is 4. The largest absolute Gasteiger partial charge is 0.447 e. The van der Waals surface area contributed by atoms with Gasteiger partial charge in [0.1, 0.15) is 11.5 Å². The van der Waals surface area contributed by atoms with Crippen molar-refractivity contribution in [1.82, 2.24) is 0 Å². The molecule has 2 aromatic rings. The molecule has 2 aromatic carbocycles. The molecule has 0 radical (unpaired) electrons. The topological polar surface area (TPSA) is 36.9 Å². The van der Waals surface area contributed by atoms with E-state index in [0.717, 1.165) is 48.3 Å². The molecule has 6 heteroatoms. The SMILES string of the molecule is CCCCCc1cc(OP(C)OCCC)c(-c2cccc(C)c2)c(OP(C)OCCC)c1. The predicted molar refractivity (Wildman–Crippen MR) is 139 cm³/mol. The van der Waals surface area contributed by atoms with Gasteiger partial charge >= 0.3 is 0 Å². The second kappa shape index (κ2) is 14.9. The summed E-state index contributed by atoms with van der Waals surface area (Å²) in [7, 11) is -2.06. The maximum Gasteiger partial charge on any atom is 0.226 e. The normalized spacial score (nSPS) is 13.1. The summed E-state index contributed by atoms with van der Waals surface area (Å²) in [6, 6.07) is 12.9. The van der Waals surface area contributed by atoms with Gasteiger partial charge in [-0.3, -0.25) is 0 Å². The summed E-state index contributed by atoms with van der Waals surface area (Å²) in [6.45, 7) is 14.0. The van der Waals surface area contributed by atoms with Crippen LogP contribution in [-0.4, -0.2) is 26.5 Å². The predicted octanol–water partition coefficient (Wildman–Crippen LogP) is 8.89. The molecule has 2 atom stereocenters. The zero-order valence-electron chi connectivity index (χ0n) is 20.6. The minimum Gasteiger partial charge on any atom is -0.447 e. The smallest absolute Gasteiger partial charge is 0.226 e. The van der Waals surface area contributed by atoms with Gasteiger partial charge in [-0.2, -0.15) is 0 Å². The Morgan fingerprint density at radius 3 is 1.84 bits per heavy atom. The summed E-state index contributed by atoms with van der Waals surface area (Å²) in [5, 5.41) is 0. The Bertz CT molecular complexity index is 775. The van der Waals surface area contributed by atoms with E-state index >= 15 is 0 Å². The third-order valence-corrected chi connectivity index (χ3v) is 6.91. The average molecular weight is 479 g/mol. The molecule has 0 aliphatic rings. The van der Waals surface area contributed by atoms with Gasteiger partial charge in [-0.05, 0) is 55.9 Å². The van der Waals surface area contributed by atoms with E-state index in [2.05, 4.69) is 64.1 Å². The monoisotopic (exact) mass is 478 g/mol. The van der Waals surface area contributed by atoms with Crippen molar-refractivity contribution in [1.29, 1.82) is 0 Å². The Labute approximate surface area is 197 Å². The highest BCUT2D eigenvalue weighted by molar-refractivity contribution is 7.47. The summed E-state index contributed by atoms with van der Waals surface area (Å²) in [4.78, 5) is 0. The van der Waals surface area contributed by atoms with E-state index in [0.29, 0.717) is 13.2 Å². The summed E-state index contributed by atoms with van der Waals surface area (Å²) in [5.74, 6) is 1.67. The Kier molecular flexibility index (Phi) is 12.6. The zero-order valence-corrected chi connectivity index (χ0v) is 22.4. The first kappa shape index (κ1) is 27.1. The molecular weight excluding hydrogens is 438 g/mol. The van der Waals surface area contributed by atoms with Crippen molar-refractivity contribution in [2.24, 2.45) is 0 Å². The van der Waals surface area contributed by atoms with Gasteiger partial charge in [-0.1, -0.05) is 63.4 Å². The van der Waals surface area contributed by atoms with Crippen LogP contribution < -0.4 is 9.05 Å². The van der Waals surface area contributed by atoms with Gasteiger partial charge < -0.3 is 18.1 Å². The van der Waals surface area contributed by atoms with Gasteiger partial charge in [0, 0.05) is 13.3 Å². The average Bonchev–Trinajstić information content (AvgIpc) is 2.76. The van der Waals surface area contributed by atoms with E-state index in [9.17, 15) is 0 Å². The van der Waals surface area contributed by atoms with E-state index < -0.39 is 16.8 Å². The van der Waals surface area contributed by atoms with Crippen LogP contribution in [0.1, 0.15) is 64.0 Å². The lowest BCUT2D eigenvalue weighted by molar-refractivity contribution is 0.315. The van der Waals surface area contributed by atoms with Crippen molar-refractivity contribution in [3.8, 4) is 22.6 Å². The molecular formula is C26H40O4P2. The van der Waals surface area contributed by atoms with E-state index in [1.807, 2.05) is 13.3 Å². The number of rotatable bonds is 15. The third-order valence-electron chi connectivity index (χ3n) is 4.91. The molecule has 178 valence electrons. The Morgan fingerprint density at radius 1 is 0.750 bits per heavy atom. The highest BCUT2D eigenvalue weighted by atomic mass is 31.2. The minimum absolute atomic E-state index is 0.701. The second-order valence-electron chi connectivity index (χ2n) is 8.02. The highest BCUT2D eigenvalue weighted by Gasteiger charge is 2.20. The Hall–Kier alpha value is -1.18. The fourth-order valence-electron chi connectivity index (χ4n) is 3.37. The number of aryl methyl sites for hydroxylation is 2. The molecule has 4 nitrogen and oxygen atoms in total. The molecule has 0 aliphatic carbocycles. The van der Waals surface area contributed by atoms with E-state index in [4.69, 9.17) is 18.1 Å². The highest BCUT2D eigenvalue weighted by Crippen LogP contribution is 2.49. The minimum atomic E-state index is -1.03. The molecule has 2 rings (SSSR count). The van der Waals surface area contributed by atoms with Gasteiger partial charge in [0.25, 0.3) is 0 Å². The van der Waals surface area contributed by atoms with Crippen molar-refractivity contribution < 1.29 is 18.1 Å². The lowest BCUT2D eigenvalue weighted by Gasteiger charge is -2.22. The van der Waals surface area contributed by atoms with Crippen LogP contribution in [0.2, 0.25) is 0 Å². The zero-order chi connectivity index (χ0) is 23.3. The van der Waals surface area contributed by atoms with Crippen molar-refractivity contribution in [2.75, 3.05) is 26.5 Å². The van der Waals surface area contributed by atoms with Gasteiger partial charge in [0.2, 0.25) is 16.8 Å². The van der Waals surface area contributed by atoms with Crippen LogP contribution in [-0.2, 0) is 15.5 Å². The molecule has 0 aliphatic heterocycles. The number of benzene rings is 2. The molecule has 32 heavy (non-hydrogen) atoms. The molecule has 0 fully saturated rings. The van der Waals surface area contributed by atoms with Crippen LogP contribution in [0.25, 0.3) is 11.1 Å². The summed E-state index contributed by atoms with van der Waals surface area (Å²) in [5.41, 5.74) is 4.51. The summed E-state index contributed by atoms with van der Waals surface area (Å²) < 4.78 is 24.6. The van der Waals surface area contributed by atoms with Crippen LogP contribution >= 0.6 is 16.8 Å². The van der Waals surface area contributed by atoms with Crippen molar-refractivity contribution in [3.05, 3.63) is 47.5 Å². The second-order valence-corrected chi connectivity index (χ2v) is 10.7. The summed E-state index contributed by atoms with van der Waals surface area (Å²) >= 11 is 0. The lowest BCUT2D eigenvalue weighted by atomic mass is 9.98. The molecule has 0 N–H and O–H groups in total. The number of unbranched alkanes of at least 4 members (excludes halogenated alkanes) is 2. The van der Waals surface area contributed by atoms with Gasteiger partial charge in [0.05, 0.1) is 18.8 Å². The van der Waals surface area contributed by atoms with Gasteiger partial charge in [-0.15, -0.1) is 0 Å². The maximum atomic E-state index is 6.42. The van der Waals surface area contributed by atoms with Gasteiger partial charge in [0.15, 0.2) is 0 Å². The third kappa shape index (κ3) is 8.99. The molecule has 0 spiro atoms. The lowest BCUT2D eigenvalue weighted by Crippen LogP contribution is -2.00. The first-order valence-electron chi connectivity index (χ1n) is 11.8. The Morgan fingerprint density at radius 2 is 1.34 bits per heavy atom. The fourth-order valence-corrected chi connectivity index (χ4v) is 5.19. The molecule has 0 bridgehead atoms. The van der Waals surface area contributed by atoms with Crippen molar-refractivity contribution in [2.45, 2.75) is 66.2 Å². The van der Waals surface area contributed by atoms with Crippen LogP contribution in [0.5, 0.6) is 11.5 Å². The number of hydrogen-bond donors (Lipinski definition) is 0. The van der Waals surface area contributed by atoms with E-state index in [1.54, 1.807) is 0 Å². The Balaban J connectivity index is 2.51. The molecule has 0 saturated heterocycles. The molecule has 2 unspecified atom stereocenters. The summed E-state index contributed by atoms with van der Waals surface area (Å²) in [6.07, 6.45) is 6.52. The standard InChI is InChI=1S/C26H40O4P2/c1-7-10-11-14-22-19-24(29-31(5)27-16-8-2)26(23-15-12-13-21(4)18-23)25(20-22)30-32(6)28-17-9-3/h12-13,15,18-20H,7-11,14,16-17H2,1-6H3. The first-order chi connectivity index (χ1) is 15.5. The van der Waals surface area contributed by atoms with Gasteiger partial charge in [-0.25, -0.2) is 0 Å². The quantitative estimate of drug-likeness (QED) is 0.189. The first-order valence-corrected chi connectivity index (χ1v) is 15.1. The molecule has 0 heterocycles. The fraction of sp³-hybridized carbons (Fsp3) is 0.538. The van der Waals surface area contributed by atoms with Crippen molar-refractivity contribution in [3.63, 3.8) is 0 Å². The van der Waals surface area contributed by atoms with Crippen LogP contribution in [0.4, 0.5) is 0 Å². The van der Waals surface area contributed by atoms with E-state index in [-0.39, 0.29) is 0 Å². The van der Waals surface area contributed by atoms with Crippen LogP contribution in [0, 0.1) is 6.92 Å². The van der Waals surface area contributed by atoms with E-state index in [1.165, 1.54) is 24.0 Å². The molecule has 0 amide bonds. The van der Waals surface area contributed by atoms with Crippen LogP contribution in [0.3, 0.4) is 0 Å². The molecule has 0 saturated carbocycles. The molecule has 0 aromatic heterocycles. The van der Waals surface area contributed by atoms with Crippen LogP contribution in [0.15, 0.2) is 36.4 Å². The maximum absolute atomic E-state index is 6.42. The van der Waals surface area contributed by atoms with Crippen molar-refractivity contribution >= 4 is 16.8 Å².